The second kappa shape index (κ2) is 11.3. The fourth-order valence-electron chi connectivity index (χ4n) is 7.14. The molecular formula is C42H37FN3O2+. The van der Waals surface area contributed by atoms with Gasteiger partial charge in [-0.05, 0) is 54.7 Å². The molecule has 0 unspecified atom stereocenters. The van der Waals surface area contributed by atoms with Gasteiger partial charge in [0.15, 0.2) is 16.6 Å². The molecule has 3 aromatic heterocycles. The highest BCUT2D eigenvalue weighted by atomic mass is 19.1. The fourth-order valence-corrected chi connectivity index (χ4v) is 7.14. The summed E-state index contributed by atoms with van der Waals surface area (Å²) in [7, 11) is 2.14. The van der Waals surface area contributed by atoms with E-state index in [2.05, 4.69) is 110 Å². The zero-order chi connectivity index (χ0) is 33.3. The Balaban J connectivity index is 1.39. The Morgan fingerprint density at radius 2 is 1.42 bits per heavy atom. The molecule has 0 atom stereocenters. The van der Waals surface area contributed by atoms with Gasteiger partial charge in [-0.2, -0.15) is 8.96 Å². The van der Waals surface area contributed by atoms with Crippen molar-refractivity contribution in [1.82, 2.24) is 9.55 Å². The van der Waals surface area contributed by atoms with Crippen LogP contribution in [0.3, 0.4) is 0 Å². The first-order chi connectivity index (χ1) is 23.2. The summed E-state index contributed by atoms with van der Waals surface area (Å²) in [4.78, 5) is 4.53. The summed E-state index contributed by atoms with van der Waals surface area (Å²) in [6.45, 7) is 11.2. The molecule has 0 N–H and O–H groups in total. The predicted molar refractivity (Wildman–Crippen MR) is 191 cm³/mol. The summed E-state index contributed by atoms with van der Waals surface area (Å²) >= 11 is 0. The van der Waals surface area contributed by atoms with E-state index in [9.17, 15) is 4.39 Å². The summed E-state index contributed by atoms with van der Waals surface area (Å²) < 4.78 is 32.0. The quantitative estimate of drug-likeness (QED) is 0.171. The number of imidazole rings is 1. The molecule has 0 spiro atoms. The lowest BCUT2D eigenvalue weighted by molar-refractivity contribution is -0.633. The van der Waals surface area contributed by atoms with E-state index < -0.39 is 6.01 Å². The number of nitrogens with zero attached hydrogens (tertiary/aromatic N) is 3. The number of aryl methyl sites for hydroxylation is 2. The Kier molecular flexibility index (Phi) is 7.06. The minimum absolute atomic E-state index is 0.191. The van der Waals surface area contributed by atoms with Crippen molar-refractivity contribution in [2.24, 2.45) is 7.05 Å². The maximum atomic E-state index is 15.0. The van der Waals surface area contributed by atoms with Gasteiger partial charge in [-0.3, -0.25) is 0 Å². The minimum atomic E-state index is -0.707. The van der Waals surface area contributed by atoms with Crippen LogP contribution in [0.4, 0.5) is 4.39 Å². The maximum Gasteiger partial charge on any atom is 0.306 e. The standard InChI is InChI=1S/C42H37FN3O2/c1-24(2)29-15-12-16-30(25(3)4)38(29)46-34-18-11-10-17-33(34)45(6)42(46)36-26(5)19-21-32-31-22-20-28(23-35(31)47-39(32)36)41-44-37(40(43)48-41)27-13-8-7-9-14-27/h7-25H,1-6H3/q+1. The SMILES string of the molecule is Cc1ccc2c(oc3cc(-c4nc(-c5ccccc5)c(F)o4)ccc32)c1-c1n(-c2c(C(C)C)cccc2C(C)C)c2ccccc2[n+]1C. The molecule has 0 radical (unpaired) electrons. The second-order valence-electron chi connectivity index (χ2n) is 13.3. The molecule has 5 aromatic carbocycles. The van der Waals surface area contributed by atoms with Crippen molar-refractivity contribution in [3.05, 3.63) is 126 Å². The molecule has 0 aliphatic heterocycles. The first kappa shape index (κ1) is 29.9. The number of hydrogen-bond donors (Lipinski definition) is 0. The lowest BCUT2D eigenvalue weighted by Crippen LogP contribution is -2.30. The molecule has 6 heteroatoms. The van der Waals surface area contributed by atoms with E-state index in [1.165, 1.54) is 16.8 Å². The molecule has 0 fully saturated rings. The Morgan fingerprint density at radius 1 is 0.729 bits per heavy atom. The number of oxazole rings is 1. The minimum Gasteiger partial charge on any atom is -0.455 e. The Morgan fingerprint density at radius 3 is 2.15 bits per heavy atom. The number of para-hydroxylation sites is 3. The van der Waals surface area contributed by atoms with E-state index in [0.29, 0.717) is 28.5 Å². The molecule has 0 saturated carbocycles. The largest absolute Gasteiger partial charge is 0.455 e. The molecule has 0 bridgehead atoms. The van der Waals surface area contributed by atoms with Gasteiger partial charge in [0.05, 0.1) is 7.05 Å². The number of fused-ring (bicyclic) bond motifs is 4. The zero-order valence-electron chi connectivity index (χ0n) is 28.0. The molecule has 238 valence electrons. The van der Waals surface area contributed by atoms with Gasteiger partial charge < -0.3 is 8.83 Å². The first-order valence-electron chi connectivity index (χ1n) is 16.5. The monoisotopic (exact) mass is 634 g/mol. The summed E-state index contributed by atoms with van der Waals surface area (Å²) in [6, 6.07) is 34.0. The van der Waals surface area contributed by atoms with Crippen LogP contribution >= 0.6 is 0 Å². The van der Waals surface area contributed by atoms with Crippen LogP contribution in [-0.4, -0.2) is 9.55 Å². The van der Waals surface area contributed by atoms with Gasteiger partial charge in [-0.15, -0.1) is 0 Å². The van der Waals surface area contributed by atoms with Crippen molar-refractivity contribution in [2.75, 3.05) is 0 Å². The van der Waals surface area contributed by atoms with Gasteiger partial charge in [0, 0.05) is 33.0 Å². The van der Waals surface area contributed by atoms with Crippen molar-refractivity contribution in [1.29, 1.82) is 0 Å². The maximum absolute atomic E-state index is 15.0. The van der Waals surface area contributed by atoms with E-state index in [4.69, 9.17) is 8.83 Å². The molecule has 48 heavy (non-hydrogen) atoms. The number of rotatable bonds is 6. The predicted octanol–water partition coefficient (Wildman–Crippen LogP) is 11.0. The molecule has 5 nitrogen and oxygen atoms in total. The van der Waals surface area contributed by atoms with Crippen LogP contribution in [0.25, 0.3) is 72.8 Å². The second-order valence-corrected chi connectivity index (χ2v) is 13.3. The van der Waals surface area contributed by atoms with Crippen molar-refractivity contribution in [3.8, 4) is 39.8 Å². The van der Waals surface area contributed by atoms with Crippen LogP contribution in [0, 0.1) is 12.9 Å². The number of furan rings is 1. The van der Waals surface area contributed by atoms with Crippen molar-refractivity contribution < 1.29 is 17.8 Å². The van der Waals surface area contributed by atoms with Crippen LogP contribution in [0.2, 0.25) is 0 Å². The molecule has 8 aromatic rings. The van der Waals surface area contributed by atoms with Gasteiger partial charge in [0.1, 0.15) is 22.5 Å². The molecule has 0 aliphatic carbocycles. The van der Waals surface area contributed by atoms with Crippen molar-refractivity contribution >= 4 is 33.0 Å². The first-order valence-corrected chi connectivity index (χ1v) is 16.5. The van der Waals surface area contributed by atoms with Gasteiger partial charge in [0.2, 0.25) is 5.89 Å². The number of aromatic nitrogens is 3. The van der Waals surface area contributed by atoms with Gasteiger partial charge in [-0.25, -0.2) is 9.55 Å². The van der Waals surface area contributed by atoms with Crippen LogP contribution in [0.1, 0.15) is 56.2 Å². The molecule has 0 amide bonds. The Hall–Kier alpha value is -5.49. The average molecular weight is 635 g/mol. The van der Waals surface area contributed by atoms with Gasteiger partial charge >= 0.3 is 6.01 Å². The fraction of sp³-hybridized carbons (Fsp3) is 0.190. The summed E-state index contributed by atoms with van der Waals surface area (Å²) in [5.41, 5.74) is 11.2. The lowest BCUT2D eigenvalue weighted by atomic mass is 9.92. The highest BCUT2D eigenvalue weighted by molar-refractivity contribution is 6.10. The van der Waals surface area contributed by atoms with Gasteiger partial charge in [-0.1, -0.05) is 100 Å². The highest BCUT2D eigenvalue weighted by Gasteiger charge is 2.33. The Bertz CT molecular complexity index is 2470. The third kappa shape index (κ3) is 4.58. The van der Waals surface area contributed by atoms with Crippen LogP contribution in [-0.2, 0) is 7.05 Å². The number of benzene rings is 5. The zero-order valence-corrected chi connectivity index (χ0v) is 28.0. The van der Waals surface area contributed by atoms with E-state index in [1.807, 2.05) is 48.5 Å². The van der Waals surface area contributed by atoms with Gasteiger partial charge in [0.25, 0.3) is 5.82 Å². The summed E-state index contributed by atoms with van der Waals surface area (Å²) in [5.74, 6) is 1.91. The van der Waals surface area contributed by atoms with E-state index in [0.717, 1.165) is 44.3 Å². The van der Waals surface area contributed by atoms with Crippen LogP contribution in [0.5, 0.6) is 0 Å². The van der Waals surface area contributed by atoms with E-state index in [-0.39, 0.29) is 11.6 Å². The Labute approximate surface area is 278 Å². The topological polar surface area (TPSA) is 48.0 Å². The van der Waals surface area contributed by atoms with Crippen molar-refractivity contribution in [3.63, 3.8) is 0 Å². The highest BCUT2D eigenvalue weighted by Crippen LogP contribution is 2.42. The lowest BCUT2D eigenvalue weighted by Gasteiger charge is -2.18. The number of hydrogen-bond acceptors (Lipinski definition) is 3. The van der Waals surface area contributed by atoms with Crippen LogP contribution < -0.4 is 4.57 Å². The molecule has 3 heterocycles. The summed E-state index contributed by atoms with van der Waals surface area (Å²) in [6.07, 6.45) is 0. The van der Waals surface area contributed by atoms with Crippen molar-refractivity contribution in [2.45, 2.75) is 46.5 Å². The van der Waals surface area contributed by atoms with E-state index >= 15 is 0 Å². The average Bonchev–Trinajstić information content (AvgIpc) is 3.75. The van der Waals surface area contributed by atoms with E-state index in [1.54, 1.807) is 0 Å². The van der Waals surface area contributed by atoms with Crippen LogP contribution in [0.15, 0.2) is 112 Å². The number of halogens is 1. The molecule has 0 aliphatic rings. The summed E-state index contributed by atoms with van der Waals surface area (Å²) in [5, 5.41) is 1.99. The molecule has 0 saturated heterocycles. The normalized spacial score (nSPS) is 12.0. The smallest absolute Gasteiger partial charge is 0.306 e. The molecular weight excluding hydrogens is 597 g/mol. The third-order valence-electron chi connectivity index (χ3n) is 9.53. The molecule has 8 rings (SSSR count). The third-order valence-corrected chi connectivity index (χ3v) is 9.53.